The van der Waals surface area contributed by atoms with E-state index in [2.05, 4.69) is 15.0 Å². The molecular formula is C19H14ClF3N6O3. The second-order valence-electron chi connectivity index (χ2n) is 6.70. The zero-order chi connectivity index (χ0) is 23.6. The van der Waals surface area contributed by atoms with Gasteiger partial charge in [0.15, 0.2) is 5.69 Å². The summed E-state index contributed by atoms with van der Waals surface area (Å²) in [6.07, 6.45) is -3.14. The average molecular weight is 467 g/mol. The van der Waals surface area contributed by atoms with Gasteiger partial charge >= 0.3 is 6.18 Å². The van der Waals surface area contributed by atoms with Crippen molar-refractivity contribution in [2.45, 2.75) is 12.7 Å². The first-order valence-electron chi connectivity index (χ1n) is 8.80. The lowest BCUT2D eigenvalue weighted by Gasteiger charge is -2.15. The van der Waals surface area contributed by atoms with E-state index in [1.165, 1.54) is 12.3 Å². The molecule has 3 aromatic rings. The third kappa shape index (κ3) is 4.89. The Hall–Kier alpha value is -3.85. The number of hydrogen-bond donors (Lipinski definition) is 1. The van der Waals surface area contributed by atoms with Crippen LogP contribution in [0.1, 0.15) is 16.8 Å². The van der Waals surface area contributed by atoms with Gasteiger partial charge in [0.05, 0.1) is 30.1 Å². The number of nitrogens with one attached hydrogen (secondary N) is 1. The van der Waals surface area contributed by atoms with E-state index in [9.17, 15) is 22.8 Å². The number of nitriles is 1. The van der Waals surface area contributed by atoms with Crippen LogP contribution in [-0.4, -0.2) is 33.6 Å². The Kier molecular flexibility index (Phi) is 6.22. The van der Waals surface area contributed by atoms with Crippen LogP contribution >= 0.6 is 11.6 Å². The number of alkyl halides is 3. The maximum Gasteiger partial charge on any atom is 0.437 e. The van der Waals surface area contributed by atoms with Gasteiger partial charge in [0.1, 0.15) is 5.75 Å². The van der Waals surface area contributed by atoms with E-state index in [1.807, 2.05) is 0 Å². The second-order valence-corrected chi connectivity index (χ2v) is 7.13. The SMILES string of the molecule is CN(C)c1ncc(Cn2cnc(C(F)(F)F)c(Oc3cc(Cl)cc(C#N)c3)c2=O)c(=O)[nH]1. The predicted molar refractivity (Wildman–Crippen MR) is 108 cm³/mol. The lowest BCUT2D eigenvalue weighted by molar-refractivity contribution is -0.142. The highest BCUT2D eigenvalue weighted by Gasteiger charge is 2.38. The number of ether oxygens (including phenoxy) is 1. The average Bonchev–Trinajstić information content (AvgIpc) is 2.70. The van der Waals surface area contributed by atoms with Crippen LogP contribution < -0.4 is 20.8 Å². The fourth-order valence-corrected chi connectivity index (χ4v) is 2.84. The Morgan fingerprint density at radius 3 is 2.56 bits per heavy atom. The molecule has 0 amide bonds. The number of aromatic amines is 1. The van der Waals surface area contributed by atoms with Crippen LogP contribution in [0.5, 0.6) is 11.5 Å². The van der Waals surface area contributed by atoms with Crippen molar-refractivity contribution in [1.82, 2.24) is 19.5 Å². The highest BCUT2D eigenvalue weighted by Crippen LogP contribution is 2.35. The summed E-state index contributed by atoms with van der Waals surface area (Å²) in [5.41, 5.74) is -3.30. The molecule has 0 saturated heterocycles. The predicted octanol–water partition coefficient (Wildman–Crippen LogP) is 2.78. The molecule has 0 atom stereocenters. The largest absolute Gasteiger partial charge is 0.449 e. The summed E-state index contributed by atoms with van der Waals surface area (Å²) in [5, 5.41) is 9.04. The molecule has 0 fully saturated rings. The van der Waals surface area contributed by atoms with Crippen LogP contribution in [0.2, 0.25) is 5.02 Å². The Labute approximate surface area is 183 Å². The molecule has 0 unspecified atom stereocenters. The number of halogens is 4. The monoisotopic (exact) mass is 466 g/mol. The third-order valence-corrected chi connectivity index (χ3v) is 4.33. The standard InChI is InChI=1S/C19H14ClF3N6O3/c1-28(2)18-25-7-11(16(30)27-18)8-29-9-26-15(19(21,22)23)14(17(29)31)32-13-4-10(6-24)3-12(20)5-13/h3-5,7,9H,8H2,1-2H3,(H,25,27,30). The van der Waals surface area contributed by atoms with E-state index >= 15 is 0 Å². The minimum atomic E-state index is -5.00. The molecule has 13 heteroatoms. The van der Waals surface area contributed by atoms with E-state index in [-0.39, 0.29) is 27.8 Å². The molecule has 166 valence electrons. The Bertz CT molecular complexity index is 1330. The first kappa shape index (κ1) is 22.8. The quantitative estimate of drug-likeness (QED) is 0.614. The van der Waals surface area contributed by atoms with E-state index in [0.717, 1.165) is 16.7 Å². The topological polar surface area (TPSA) is 117 Å². The van der Waals surface area contributed by atoms with Crippen molar-refractivity contribution in [1.29, 1.82) is 5.26 Å². The van der Waals surface area contributed by atoms with Gasteiger partial charge in [-0.25, -0.2) is 9.97 Å². The van der Waals surface area contributed by atoms with Gasteiger partial charge in [-0.05, 0) is 18.2 Å². The Morgan fingerprint density at radius 1 is 1.25 bits per heavy atom. The molecule has 2 aromatic heterocycles. The Morgan fingerprint density at radius 2 is 1.97 bits per heavy atom. The van der Waals surface area contributed by atoms with Crippen molar-refractivity contribution < 1.29 is 17.9 Å². The van der Waals surface area contributed by atoms with Crippen LogP contribution in [0.4, 0.5) is 19.1 Å². The second kappa shape index (κ2) is 8.72. The minimum Gasteiger partial charge on any atom is -0.449 e. The third-order valence-electron chi connectivity index (χ3n) is 4.11. The van der Waals surface area contributed by atoms with Crippen LogP contribution in [0.25, 0.3) is 0 Å². The maximum atomic E-state index is 13.5. The van der Waals surface area contributed by atoms with Gasteiger partial charge in [0.25, 0.3) is 11.1 Å². The fraction of sp³-hybridized carbons (Fsp3) is 0.211. The molecule has 0 radical (unpaired) electrons. The number of H-pyrrole nitrogens is 1. The van der Waals surface area contributed by atoms with Crippen LogP contribution in [0, 0.1) is 11.3 Å². The highest BCUT2D eigenvalue weighted by molar-refractivity contribution is 6.30. The zero-order valence-electron chi connectivity index (χ0n) is 16.6. The summed E-state index contributed by atoms with van der Waals surface area (Å²) in [4.78, 5) is 36.5. The van der Waals surface area contributed by atoms with Crippen molar-refractivity contribution >= 4 is 17.5 Å². The summed E-state index contributed by atoms with van der Waals surface area (Å²) in [6, 6.07) is 5.33. The molecule has 0 aliphatic carbocycles. The van der Waals surface area contributed by atoms with Gasteiger partial charge < -0.3 is 9.64 Å². The molecule has 0 aliphatic heterocycles. The molecule has 2 heterocycles. The summed E-state index contributed by atoms with van der Waals surface area (Å²) in [6.45, 7) is -0.407. The molecule has 1 aromatic carbocycles. The van der Waals surface area contributed by atoms with Gasteiger partial charge in [0, 0.05) is 25.3 Å². The number of aromatic nitrogens is 4. The van der Waals surface area contributed by atoms with Gasteiger partial charge in [-0.15, -0.1) is 0 Å². The highest BCUT2D eigenvalue weighted by atomic mass is 35.5. The van der Waals surface area contributed by atoms with Crippen molar-refractivity contribution in [2.75, 3.05) is 19.0 Å². The number of benzene rings is 1. The summed E-state index contributed by atoms with van der Waals surface area (Å²) in [5.74, 6) is -1.12. The minimum absolute atomic E-state index is 0.0136. The van der Waals surface area contributed by atoms with Crippen molar-refractivity contribution in [3.63, 3.8) is 0 Å². The van der Waals surface area contributed by atoms with E-state index < -0.39 is 35.3 Å². The van der Waals surface area contributed by atoms with E-state index in [0.29, 0.717) is 6.33 Å². The molecule has 32 heavy (non-hydrogen) atoms. The van der Waals surface area contributed by atoms with Crippen molar-refractivity contribution in [2.24, 2.45) is 0 Å². The molecule has 0 saturated carbocycles. The molecule has 9 nitrogen and oxygen atoms in total. The van der Waals surface area contributed by atoms with Gasteiger partial charge in [-0.1, -0.05) is 11.6 Å². The van der Waals surface area contributed by atoms with Gasteiger partial charge in [0.2, 0.25) is 11.7 Å². The fourth-order valence-electron chi connectivity index (χ4n) is 2.62. The number of rotatable bonds is 5. The van der Waals surface area contributed by atoms with E-state index in [1.54, 1.807) is 25.1 Å². The summed E-state index contributed by atoms with van der Waals surface area (Å²) in [7, 11) is 3.30. The first-order valence-corrected chi connectivity index (χ1v) is 9.18. The van der Waals surface area contributed by atoms with Crippen LogP contribution in [0.15, 0.2) is 40.3 Å². The van der Waals surface area contributed by atoms with Gasteiger partial charge in [-0.3, -0.25) is 19.1 Å². The molecule has 1 N–H and O–H groups in total. The van der Waals surface area contributed by atoms with Crippen LogP contribution in [0.3, 0.4) is 0 Å². The van der Waals surface area contributed by atoms with Crippen molar-refractivity contribution in [3.05, 3.63) is 73.3 Å². The molecular weight excluding hydrogens is 453 g/mol. The number of nitrogens with zero attached hydrogens (tertiary/aromatic N) is 5. The van der Waals surface area contributed by atoms with Crippen molar-refractivity contribution in [3.8, 4) is 17.6 Å². The summed E-state index contributed by atoms with van der Waals surface area (Å²) < 4.78 is 46.3. The zero-order valence-corrected chi connectivity index (χ0v) is 17.3. The molecule has 0 bridgehead atoms. The maximum absolute atomic E-state index is 13.5. The normalized spacial score (nSPS) is 11.2. The van der Waals surface area contributed by atoms with Gasteiger partial charge in [-0.2, -0.15) is 18.4 Å². The number of hydrogen-bond acceptors (Lipinski definition) is 7. The number of anilines is 1. The molecule has 0 aliphatic rings. The lowest BCUT2D eigenvalue weighted by Crippen LogP contribution is -2.29. The van der Waals surface area contributed by atoms with Crippen LogP contribution in [-0.2, 0) is 12.7 Å². The first-order chi connectivity index (χ1) is 15.0. The Balaban J connectivity index is 2.08. The summed E-state index contributed by atoms with van der Waals surface area (Å²) >= 11 is 5.85. The van der Waals surface area contributed by atoms with E-state index in [4.69, 9.17) is 21.6 Å². The molecule has 0 spiro atoms. The molecule has 3 rings (SSSR count). The lowest BCUT2D eigenvalue weighted by atomic mass is 10.2. The smallest absolute Gasteiger partial charge is 0.437 e.